The molecule has 2 aromatic rings. The van der Waals surface area contributed by atoms with E-state index in [9.17, 15) is 18.7 Å². The zero-order valence-corrected chi connectivity index (χ0v) is 18.0. The molecule has 0 saturated carbocycles. The summed E-state index contributed by atoms with van der Waals surface area (Å²) in [5.41, 5.74) is 8.02. The highest BCUT2D eigenvalue weighted by atomic mass is 35.5. The number of carbonyl (C=O) groups is 1. The van der Waals surface area contributed by atoms with Crippen LogP contribution in [0.15, 0.2) is 42.5 Å². The summed E-state index contributed by atoms with van der Waals surface area (Å²) in [6, 6.07) is 10.0. The molecule has 2 rings (SSSR count). The lowest BCUT2D eigenvalue weighted by Gasteiger charge is -2.27. The quantitative estimate of drug-likeness (QED) is 0.431. The molecule has 0 heterocycles. The van der Waals surface area contributed by atoms with E-state index in [1.54, 1.807) is 6.92 Å². The molecule has 0 saturated heterocycles. The van der Waals surface area contributed by atoms with E-state index in [4.69, 9.17) is 5.73 Å². The fourth-order valence-corrected chi connectivity index (χ4v) is 3.16. The minimum absolute atomic E-state index is 0. The normalized spacial score (nSPS) is 13.9. The molecular weight excluding hydrogens is 412 g/mol. The van der Waals surface area contributed by atoms with Crippen molar-refractivity contribution in [2.75, 3.05) is 6.54 Å². The first-order chi connectivity index (χ1) is 13.8. The van der Waals surface area contributed by atoms with Gasteiger partial charge in [-0.2, -0.15) is 0 Å². The maximum absolute atomic E-state index is 13.5. The number of hydrogen-bond donors (Lipinski definition) is 4. The molecule has 0 spiro atoms. The molecule has 0 aromatic heterocycles. The van der Waals surface area contributed by atoms with Crippen molar-refractivity contribution in [3.8, 4) is 0 Å². The molecule has 0 aliphatic rings. The van der Waals surface area contributed by atoms with Crippen LogP contribution in [0.25, 0.3) is 0 Å². The minimum Gasteiger partial charge on any atom is -0.390 e. The Balaban J connectivity index is 0.00000450. The summed E-state index contributed by atoms with van der Waals surface area (Å²) < 4.78 is 27.0. The third-order valence-corrected chi connectivity index (χ3v) is 4.82. The number of aryl methyl sites for hydroxylation is 1. The van der Waals surface area contributed by atoms with Gasteiger partial charge in [-0.15, -0.1) is 12.4 Å². The monoisotopic (exact) mass is 441 g/mol. The Labute approximate surface area is 182 Å². The summed E-state index contributed by atoms with van der Waals surface area (Å²) in [5, 5.41) is 16.8. The molecule has 0 bridgehead atoms. The lowest BCUT2D eigenvalue weighted by atomic mass is 9.99. The predicted molar refractivity (Wildman–Crippen MR) is 116 cm³/mol. The van der Waals surface area contributed by atoms with Gasteiger partial charge in [-0.25, -0.2) is 8.78 Å². The first-order valence-electron chi connectivity index (χ1n) is 9.75. The number of halogens is 3. The van der Waals surface area contributed by atoms with E-state index in [-0.39, 0.29) is 25.4 Å². The highest BCUT2D eigenvalue weighted by Gasteiger charge is 2.23. The van der Waals surface area contributed by atoms with E-state index >= 15 is 0 Å². The predicted octanol–water partition coefficient (Wildman–Crippen LogP) is 2.47. The molecule has 30 heavy (non-hydrogen) atoms. The van der Waals surface area contributed by atoms with Crippen LogP contribution >= 0.6 is 12.4 Å². The summed E-state index contributed by atoms with van der Waals surface area (Å²) in [4.78, 5) is 11.4. The van der Waals surface area contributed by atoms with Gasteiger partial charge in [-0.1, -0.05) is 31.2 Å². The average Bonchev–Trinajstić information content (AvgIpc) is 2.66. The Morgan fingerprint density at radius 3 is 2.33 bits per heavy atom. The van der Waals surface area contributed by atoms with Crippen molar-refractivity contribution in [2.24, 2.45) is 5.73 Å². The van der Waals surface area contributed by atoms with Gasteiger partial charge in [0.05, 0.1) is 12.1 Å². The van der Waals surface area contributed by atoms with Crippen molar-refractivity contribution in [1.82, 2.24) is 10.6 Å². The molecular formula is C22H30ClF2N3O2. The van der Waals surface area contributed by atoms with E-state index in [2.05, 4.69) is 29.7 Å². The summed E-state index contributed by atoms with van der Waals surface area (Å²) in [7, 11) is 0. The highest BCUT2D eigenvalue weighted by Crippen LogP contribution is 2.13. The Kier molecular flexibility index (Phi) is 10.9. The van der Waals surface area contributed by atoms with Gasteiger partial charge in [-0.3, -0.25) is 4.79 Å². The van der Waals surface area contributed by atoms with Crippen LogP contribution in [-0.4, -0.2) is 35.7 Å². The second kappa shape index (κ2) is 12.6. The van der Waals surface area contributed by atoms with Gasteiger partial charge in [0.25, 0.3) is 0 Å². The molecule has 0 aliphatic heterocycles. The van der Waals surface area contributed by atoms with Crippen molar-refractivity contribution < 1.29 is 18.7 Å². The lowest BCUT2D eigenvalue weighted by molar-refractivity contribution is -0.120. The van der Waals surface area contributed by atoms with Crippen molar-refractivity contribution >= 4 is 18.3 Å². The number of amides is 1. The second-order valence-corrected chi connectivity index (χ2v) is 7.25. The molecule has 2 aromatic carbocycles. The molecule has 0 fully saturated rings. The Hall–Kier alpha value is -2.06. The maximum atomic E-state index is 13.5. The molecule has 8 heteroatoms. The Bertz CT molecular complexity index is 802. The molecule has 5 N–H and O–H groups in total. The fraction of sp³-hybridized carbons (Fsp3) is 0.409. The number of hydrogen-bond acceptors (Lipinski definition) is 4. The number of carbonyl (C=O) groups excluding carboxylic acids is 1. The number of aliphatic hydroxyl groups excluding tert-OH is 1. The lowest BCUT2D eigenvalue weighted by Crippen LogP contribution is -2.52. The maximum Gasteiger partial charge on any atom is 0.234 e. The van der Waals surface area contributed by atoms with E-state index in [0.29, 0.717) is 12.1 Å². The van der Waals surface area contributed by atoms with Gasteiger partial charge < -0.3 is 21.5 Å². The zero-order chi connectivity index (χ0) is 21.4. The fourth-order valence-electron chi connectivity index (χ4n) is 3.16. The molecule has 0 unspecified atom stereocenters. The topological polar surface area (TPSA) is 87.4 Å². The van der Waals surface area contributed by atoms with Crippen LogP contribution in [-0.2, 0) is 24.2 Å². The number of primary amides is 1. The highest BCUT2D eigenvalue weighted by molar-refractivity contribution is 5.85. The summed E-state index contributed by atoms with van der Waals surface area (Å²) in [5.74, 6) is -1.95. The number of rotatable bonds is 11. The van der Waals surface area contributed by atoms with E-state index in [0.717, 1.165) is 18.1 Å². The van der Waals surface area contributed by atoms with Crippen LogP contribution in [0.3, 0.4) is 0 Å². The summed E-state index contributed by atoms with van der Waals surface area (Å²) in [6.07, 6.45) is 0.176. The molecule has 0 radical (unpaired) electrons. The molecule has 166 valence electrons. The van der Waals surface area contributed by atoms with Gasteiger partial charge in [0.1, 0.15) is 11.6 Å². The largest absolute Gasteiger partial charge is 0.390 e. The number of aliphatic hydroxyl groups is 1. The van der Waals surface area contributed by atoms with Crippen LogP contribution in [0.4, 0.5) is 8.78 Å². The van der Waals surface area contributed by atoms with Crippen LogP contribution < -0.4 is 16.4 Å². The number of benzene rings is 2. The Morgan fingerprint density at radius 2 is 1.73 bits per heavy atom. The molecule has 5 nitrogen and oxygen atoms in total. The summed E-state index contributed by atoms with van der Waals surface area (Å²) >= 11 is 0. The number of nitrogens with two attached hydrogens (primary N) is 1. The van der Waals surface area contributed by atoms with Gasteiger partial charge in [0.15, 0.2) is 0 Å². The van der Waals surface area contributed by atoms with E-state index in [1.807, 2.05) is 12.1 Å². The second-order valence-electron chi connectivity index (χ2n) is 7.25. The first kappa shape index (κ1) is 26.0. The smallest absolute Gasteiger partial charge is 0.234 e. The van der Waals surface area contributed by atoms with Crippen LogP contribution in [0.1, 0.15) is 30.5 Å². The van der Waals surface area contributed by atoms with Crippen molar-refractivity contribution in [3.63, 3.8) is 0 Å². The van der Waals surface area contributed by atoms with Gasteiger partial charge in [0, 0.05) is 25.2 Å². The third-order valence-electron chi connectivity index (χ3n) is 4.82. The van der Waals surface area contributed by atoms with Gasteiger partial charge >= 0.3 is 0 Å². The SMILES string of the molecule is CCc1cccc(CNC[C@@H](O)[C@H](Cc2cc(F)cc(F)c2)N[C@H](C)C(N)=O)c1.Cl. The van der Waals surface area contributed by atoms with E-state index in [1.165, 1.54) is 17.7 Å². The van der Waals surface area contributed by atoms with Gasteiger partial charge in [0.2, 0.25) is 5.91 Å². The average molecular weight is 442 g/mol. The molecule has 3 atom stereocenters. The third kappa shape index (κ3) is 8.36. The van der Waals surface area contributed by atoms with E-state index < -0.39 is 35.7 Å². The minimum atomic E-state index is -0.905. The van der Waals surface area contributed by atoms with Crippen molar-refractivity contribution in [2.45, 2.75) is 51.4 Å². The van der Waals surface area contributed by atoms with Gasteiger partial charge in [-0.05, 0) is 48.6 Å². The Morgan fingerprint density at radius 1 is 1.10 bits per heavy atom. The van der Waals surface area contributed by atoms with Crippen LogP contribution in [0, 0.1) is 11.6 Å². The molecule has 1 amide bonds. The van der Waals surface area contributed by atoms with Crippen molar-refractivity contribution in [3.05, 3.63) is 70.8 Å². The zero-order valence-electron chi connectivity index (χ0n) is 17.2. The number of nitrogens with one attached hydrogen (secondary N) is 2. The molecule has 0 aliphatic carbocycles. The summed E-state index contributed by atoms with van der Waals surface area (Å²) in [6.45, 7) is 4.47. The van der Waals surface area contributed by atoms with Crippen LogP contribution in [0.2, 0.25) is 0 Å². The van der Waals surface area contributed by atoms with Crippen molar-refractivity contribution in [1.29, 1.82) is 0 Å². The standard InChI is InChI=1S/C22H29F2N3O2.ClH/c1-3-15-5-4-6-16(7-15)12-26-13-21(28)20(27-14(2)22(25)29)10-17-8-18(23)11-19(24)9-17;/h4-9,11,14,20-21,26-28H,3,10,12-13H2,1-2H3,(H2,25,29);1H/t14-,20+,21-;/m1./s1. The first-order valence-corrected chi connectivity index (χ1v) is 9.75. The van der Waals surface area contributed by atoms with Crippen LogP contribution in [0.5, 0.6) is 0 Å².